The number of nitriles is 1. The zero-order valence-electron chi connectivity index (χ0n) is 23.6. The van der Waals surface area contributed by atoms with Gasteiger partial charge in [-0.2, -0.15) is 18.4 Å². The normalized spacial score (nSPS) is 18.0. The summed E-state index contributed by atoms with van der Waals surface area (Å²) in [6, 6.07) is 10.0. The van der Waals surface area contributed by atoms with Crippen LogP contribution in [0.15, 0.2) is 48.8 Å². The van der Waals surface area contributed by atoms with Crippen molar-refractivity contribution in [2.24, 2.45) is 5.41 Å². The predicted octanol–water partition coefficient (Wildman–Crippen LogP) is 4.26. The van der Waals surface area contributed by atoms with E-state index in [0.29, 0.717) is 48.9 Å². The number of hydrogen-bond acceptors (Lipinski definition) is 8. The van der Waals surface area contributed by atoms with Crippen molar-refractivity contribution in [2.75, 3.05) is 37.4 Å². The fourth-order valence-electron chi connectivity index (χ4n) is 5.65. The lowest BCUT2D eigenvalue weighted by Crippen LogP contribution is -2.55. The number of nitrogens with one attached hydrogen (secondary N) is 1. The number of imidazole rings is 1. The van der Waals surface area contributed by atoms with Gasteiger partial charge in [0, 0.05) is 36.3 Å². The summed E-state index contributed by atoms with van der Waals surface area (Å²) in [7, 11) is 0. The average Bonchev–Trinajstić information content (AvgIpc) is 3.41. The minimum Gasteiger partial charge on any atom is -0.382 e. The van der Waals surface area contributed by atoms with Crippen LogP contribution >= 0.6 is 0 Å². The smallest absolute Gasteiger partial charge is 0.382 e. The van der Waals surface area contributed by atoms with Gasteiger partial charge in [0.05, 0.1) is 30.4 Å². The van der Waals surface area contributed by atoms with E-state index in [4.69, 9.17) is 15.5 Å². The average molecular weight is 605 g/mol. The van der Waals surface area contributed by atoms with Crippen molar-refractivity contribution >= 4 is 29.0 Å². The van der Waals surface area contributed by atoms with Crippen LogP contribution in [0.4, 0.5) is 24.8 Å². The van der Waals surface area contributed by atoms with Crippen molar-refractivity contribution in [1.82, 2.24) is 24.3 Å². The Morgan fingerprint density at radius 1 is 1.18 bits per heavy atom. The number of carbonyl (C=O) groups is 2. The van der Waals surface area contributed by atoms with Gasteiger partial charge in [0.15, 0.2) is 0 Å². The van der Waals surface area contributed by atoms with E-state index in [2.05, 4.69) is 21.4 Å². The molecule has 4 aromatic rings. The van der Waals surface area contributed by atoms with Gasteiger partial charge >= 0.3 is 6.18 Å². The second-order valence-corrected chi connectivity index (χ2v) is 11.2. The maximum absolute atomic E-state index is 13.3. The first-order valence-electron chi connectivity index (χ1n) is 13.9. The quantitative estimate of drug-likeness (QED) is 0.343. The number of alkyl halides is 3. The van der Waals surface area contributed by atoms with Crippen molar-refractivity contribution < 1.29 is 27.5 Å². The fraction of sp³-hybridized carbons (Fsp3) is 0.333. The molecule has 1 unspecified atom stereocenters. The second kappa shape index (κ2) is 10.9. The molecule has 0 saturated carbocycles. The summed E-state index contributed by atoms with van der Waals surface area (Å²) < 4.78 is 46.2. The lowest BCUT2D eigenvalue weighted by atomic mass is 9.85. The second-order valence-electron chi connectivity index (χ2n) is 11.2. The number of aromatic nitrogens is 4. The Labute approximate surface area is 249 Å². The topological polar surface area (TPSA) is 152 Å². The van der Waals surface area contributed by atoms with Crippen molar-refractivity contribution in [3.05, 3.63) is 71.4 Å². The highest BCUT2D eigenvalue weighted by molar-refractivity contribution is 6.04. The van der Waals surface area contributed by atoms with Crippen LogP contribution in [-0.2, 0) is 15.7 Å². The number of amides is 2. The summed E-state index contributed by atoms with van der Waals surface area (Å²) in [4.78, 5) is 40.8. The molecular weight excluding hydrogens is 577 g/mol. The Hall–Kier alpha value is -5.03. The number of rotatable bonds is 5. The van der Waals surface area contributed by atoms with Gasteiger partial charge in [0.25, 0.3) is 5.91 Å². The number of likely N-dealkylation sites (tertiary alicyclic amines) is 1. The van der Waals surface area contributed by atoms with E-state index in [1.807, 2.05) is 11.8 Å². The van der Waals surface area contributed by atoms with E-state index in [1.54, 1.807) is 16.5 Å². The molecule has 3 N–H and O–H groups in total. The molecule has 0 aliphatic carbocycles. The molecule has 226 valence electrons. The molecule has 6 rings (SSSR count). The Morgan fingerprint density at radius 2 is 1.93 bits per heavy atom. The molecule has 2 amide bonds. The maximum atomic E-state index is 13.3. The summed E-state index contributed by atoms with van der Waals surface area (Å²) in [6.07, 6.45) is -0.727. The standard InChI is InChI=1S/C30H27F3N8O3/c1-29(15-44-16-29)28(43)40-10-2-3-19(14-40)26-39-23(24-25(35)37-13-21(12-34)41(24)26)17-4-6-18(7-5-17)27(42)38-22-11-20(8-9-36-22)30(31,32)33/h4-9,11,13,19H,2-3,10,14-16H2,1H3,(H2,35,37)(H,36,38,42). The lowest BCUT2D eigenvalue weighted by molar-refractivity contribution is -0.170. The third-order valence-corrected chi connectivity index (χ3v) is 8.01. The maximum Gasteiger partial charge on any atom is 0.416 e. The molecule has 11 nitrogen and oxygen atoms in total. The van der Waals surface area contributed by atoms with Crippen LogP contribution in [0.3, 0.4) is 0 Å². The number of halogens is 3. The van der Waals surface area contributed by atoms with E-state index in [0.717, 1.165) is 31.2 Å². The summed E-state index contributed by atoms with van der Waals surface area (Å²) in [5.41, 5.74) is 6.69. The molecule has 1 aromatic carbocycles. The Bertz CT molecular complexity index is 1810. The lowest BCUT2D eigenvalue weighted by Gasteiger charge is -2.42. The summed E-state index contributed by atoms with van der Waals surface area (Å²) in [5, 5.41) is 12.3. The first-order valence-corrected chi connectivity index (χ1v) is 13.9. The van der Waals surface area contributed by atoms with Gasteiger partial charge in [-0.1, -0.05) is 12.1 Å². The SMILES string of the molecule is CC1(C(=O)N2CCCC(c3nc(-c4ccc(C(=O)Nc5cc(C(F)(F)F)ccn5)cc4)c4c(N)ncc(C#N)n34)C2)COC1. The number of fused-ring (bicyclic) bond motifs is 1. The minimum absolute atomic E-state index is 0.0328. The number of nitrogen functional groups attached to an aromatic ring is 1. The van der Waals surface area contributed by atoms with Crippen LogP contribution in [0, 0.1) is 16.7 Å². The number of anilines is 2. The number of ether oxygens (including phenoxy) is 1. The molecule has 2 saturated heterocycles. The van der Waals surface area contributed by atoms with E-state index in [-0.39, 0.29) is 34.7 Å². The molecule has 44 heavy (non-hydrogen) atoms. The minimum atomic E-state index is -4.58. The molecule has 3 aromatic heterocycles. The number of nitrogens with two attached hydrogens (primary N) is 1. The van der Waals surface area contributed by atoms with Gasteiger partial charge in [-0.25, -0.2) is 15.0 Å². The van der Waals surface area contributed by atoms with Crippen LogP contribution in [0.2, 0.25) is 0 Å². The van der Waals surface area contributed by atoms with E-state index in [1.165, 1.54) is 18.3 Å². The summed E-state index contributed by atoms with van der Waals surface area (Å²) in [6.45, 7) is 3.70. The van der Waals surface area contributed by atoms with Crippen LogP contribution in [0.25, 0.3) is 16.8 Å². The number of carbonyl (C=O) groups excluding carboxylic acids is 2. The van der Waals surface area contributed by atoms with Gasteiger partial charge in [0.1, 0.15) is 40.4 Å². The zero-order chi connectivity index (χ0) is 31.2. The number of nitrogens with zero attached hydrogens (tertiary/aromatic N) is 6. The predicted molar refractivity (Wildman–Crippen MR) is 152 cm³/mol. The van der Waals surface area contributed by atoms with Crippen LogP contribution < -0.4 is 11.1 Å². The highest BCUT2D eigenvalue weighted by Gasteiger charge is 2.45. The van der Waals surface area contributed by atoms with E-state index < -0.39 is 23.1 Å². The van der Waals surface area contributed by atoms with Crippen molar-refractivity contribution in [3.8, 4) is 17.3 Å². The van der Waals surface area contributed by atoms with Crippen LogP contribution in [0.1, 0.15) is 53.1 Å². The highest BCUT2D eigenvalue weighted by Crippen LogP contribution is 2.37. The van der Waals surface area contributed by atoms with E-state index >= 15 is 0 Å². The van der Waals surface area contributed by atoms with Crippen LogP contribution in [0.5, 0.6) is 0 Å². The number of pyridine rings is 1. The largest absolute Gasteiger partial charge is 0.416 e. The van der Waals surface area contributed by atoms with Crippen molar-refractivity contribution in [3.63, 3.8) is 0 Å². The molecule has 0 spiro atoms. The van der Waals surface area contributed by atoms with Gasteiger partial charge in [-0.05, 0) is 44.0 Å². The Balaban J connectivity index is 1.31. The molecule has 1 atom stereocenters. The molecule has 0 bridgehead atoms. The van der Waals surface area contributed by atoms with E-state index in [9.17, 15) is 28.0 Å². The first-order chi connectivity index (χ1) is 21.0. The Morgan fingerprint density at radius 3 is 2.59 bits per heavy atom. The molecular formula is C30H27F3N8O3. The molecule has 2 aliphatic heterocycles. The van der Waals surface area contributed by atoms with Gasteiger partial charge in [-0.15, -0.1) is 0 Å². The summed E-state index contributed by atoms with van der Waals surface area (Å²) in [5.74, 6) is -0.309. The zero-order valence-corrected chi connectivity index (χ0v) is 23.6. The molecule has 0 radical (unpaired) electrons. The van der Waals surface area contributed by atoms with Crippen molar-refractivity contribution in [2.45, 2.75) is 31.9 Å². The van der Waals surface area contributed by atoms with Crippen molar-refractivity contribution in [1.29, 1.82) is 5.26 Å². The molecule has 2 aliphatic rings. The third-order valence-electron chi connectivity index (χ3n) is 8.01. The van der Waals surface area contributed by atoms with Crippen LogP contribution in [-0.4, -0.2) is 62.4 Å². The molecule has 2 fully saturated rings. The first kappa shape index (κ1) is 29.1. The third kappa shape index (κ3) is 5.19. The van der Waals surface area contributed by atoms with Gasteiger partial charge < -0.3 is 20.7 Å². The highest BCUT2D eigenvalue weighted by atomic mass is 19.4. The summed E-state index contributed by atoms with van der Waals surface area (Å²) >= 11 is 0. The molecule has 14 heteroatoms. The number of piperidine rings is 1. The molecule has 5 heterocycles. The fourth-order valence-corrected chi connectivity index (χ4v) is 5.65. The Kier molecular flexibility index (Phi) is 7.21. The number of hydrogen-bond donors (Lipinski definition) is 2. The van der Waals surface area contributed by atoms with Gasteiger partial charge in [-0.3, -0.25) is 14.0 Å². The van der Waals surface area contributed by atoms with Gasteiger partial charge in [0.2, 0.25) is 5.91 Å². The number of benzene rings is 1. The monoisotopic (exact) mass is 604 g/mol.